The van der Waals surface area contributed by atoms with Gasteiger partial charge in [0.2, 0.25) is 0 Å². The molecule has 1 unspecified atom stereocenters. The molecule has 1 atom stereocenters. The monoisotopic (exact) mass is 176 g/mol. The Balaban J connectivity index is 3.44. The van der Waals surface area contributed by atoms with Gasteiger partial charge in [0.05, 0.1) is 0 Å². The predicted molar refractivity (Wildman–Crippen MR) is 45.5 cm³/mol. The number of aliphatic carboxylic acids is 1. The van der Waals surface area contributed by atoms with E-state index in [1.165, 1.54) is 0 Å². The molecule has 0 aliphatic rings. The zero-order valence-corrected chi connectivity index (χ0v) is 6.73. The van der Waals surface area contributed by atoms with Gasteiger partial charge < -0.3 is 22.3 Å². The minimum Gasteiger partial charge on any atom is -0.480 e. The molecule has 0 fully saturated rings. The van der Waals surface area contributed by atoms with E-state index >= 15 is 0 Å². The summed E-state index contributed by atoms with van der Waals surface area (Å²) in [6.45, 7) is 0.420. The van der Waals surface area contributed by atoms with Crippen LogP contribution in [0.25, 0.3) is 0 Å². The van der Waals surface area contributed by atoms with Gasteiger partial charge in [-0.1, -0.05) is 0 Å². The Morgan fingerprint density at radius 2 is 2.08 bits per heavy atom. The maximum Gasteiger partial charge on any atom is 0.320 e. The second kappa shape index (κ2) is 5.36. The quantitative estimate of drug-likeness (QED) is 0.174. The minimum atomic E-state index is -1.00. The van der Waals surface area contributed by atoms with Gasteiger partial charge in [0.15, 0.2) is 5.96 Å². The molecule has 6 heteroatoms. The molecule has 0 spiro atoms. The van der Waals surface area contributed by atoms with Gasteiger partial charge in [0.1, 0.15) is 6.04 Å². The number of rotatable bonds is 5. The lowest BCUT2D eigenvalue weighted by Crippen LogP contribution is -2.30. The fraction of sp³-hybridized carbons (Fsp3) is 0.667. The van der Waals surface area contributed by atoms with Gasteiger partial charge in [-0.15, -0.1) is 0 Å². The molecule has 0 saturated heterocycles. The standard InChI is InChI=1S/C6H14N4O2/c7-4(5(11)12)2-1-3-10-6(8)9/h4H,1-3,7H2,(H,11,12)(H4,8,9,10)/i3+1,4+1. The topological polar surface area (TPSA) is 128 Å². The number of hydrogen-bond acceptors (Lipinski definition) is 3. The molecule has 12 heavy (non-hydrogen) atoms. The molecule has 0 aromatic rings. The Morgan fingerprint density at radius 1 is 1.50 bits per heavy atom. The molecule has 6 nitrogen and oxygen atoms in total. The van der Waals surface area contributed by atoms with Crippen LogP contribution in [0.15, 0.2) is 4.99 Å². The molecule has 0 heterocycles. The number of carboxylic acid groups (broad SMARTS) is 1. The molecule has 0 aliphatic carbocycles. The Kier molecular flexibility index (Phi) is 4.78. The largest absolute Gasteiger partial charge is 0.480 e. The summed E-state index contributed by atoms with van der Waals surface area (Å²) in [4.78, 5) is 13.9. The normalized spacial score (nSPS) is 12.1. The first-order chi connectivity index (χ1) is 5.54. The molecule has 7 N–H and O–H groups in total. The lowest BCUT2D eigenvalue weighted by molar-refractivity contribution is -0.138. The van der Waals surface area contributed by atoms with Gasteiger partial charge in [-0.05, 0) is 12.8 Å². The number of carbonyl (C=O) groups is 1. The summed E-state index contributed by atoms with van der Waals surface area (Å²) in [5.74, 6) is -0.987. The first kappa shape index (κ1) is 10.7. The third kappa shape index (κ3) is 5.48. The van der Waals surface area contributed by atoms with E-state index in [2.05, 4.69) is 4.99 Å². The number of hydrogen-bond donors (Lipinski definition) is 4. The number of nitrogens with two attached hydrogens (primary N) is 3. The van der Waals surface area contributed by atoms with Crippen molar-refractivity contribution in [2.24, 2.45) is 22.2 Å². The van der Waals surface area contributed by atoms with Crippen LogP contribution in [0.3, 0.4) is 0 Å². The smallest absolute Gasteiger partial charge is 0.320 e. The van der Waals surface area contributed by atoms with Crippen LogP contribution < -0.4 is 17.2 Å². The maximum atomic E-state index is 10.2. The Morgan fingerprint density at radius 3 is 2.50 bits per heavy atom. The van der Waals surface area contributed by atoms with Gasteiger partial charge >= 0.3 is 5.97 Å². The van der Waals surface area contributed by atoms with Gasteiger partial charge in [-0.3, -0.25) is 9.79 Å². The van der Waals surface area contributed by atoms with Crippen molar-refractivity contribution in [2.75, 3.05) is 6.54 Å². The van der Waals surface area contributed by atoms with Gasteiger partial charge in [0, 0.05) is 6.54 Å². The molecule has 70 valence electrons. The minimum absolute atomic E-state index is 0.0129. The first-order valence-electron chi connectivity index (χ1n) is 3.58. The third-order valence-electron chi connectivity index (χ3n) is 1.28. The predicted octanol–water partition coefficient (Wildman–Crippen LogP) is -1.55. The number of carboxylic acids is 1. The number of nitrogens with zero attached hydrogens (tertiary/aromatic N) is 1. The highest BCUT2D eigenvalue weighted by Gasteiger charge is 2.09. The molecule has 0 radical (unpaired) electrons. The third-order valence-corrected chi connectivity index (χ3v) is 1.28. The molecule has 0 rings (SSSR count). The van der Waals surface area contributed by atoms with Crippen LogP contribution in [0.4, 0.5) is 0 Å². The van der Waals surface area contributed by atoms with Crippen molar-refractivity contribution in [2.45, 2.75) is 18.9 Å². The Labute approximate surface area is 70.4 Å². The first-order valence-corrected chi connectivity index (χ1v) is 3.58. The summed E-state index contributed by atoms with van der Waals surface area (Å²) in [6.07, 6.45) is 0.956. The fourth-order valence-electron chi connectivity index (χ4n) is 0.643. The van der Waals surface area contributed by atoms with Crippen LogP contribution in [0.2, 0.25) is 0 Å². The van der Waals surface area contributed by atoms with E-state index in [0.29, 0.717) is 19.4 Å². The van der Waals surface area contributed by atoms with Crippen LogP contribution in [0.1, 0.15) is 12.8 Å². The average Bonchev–Trinajstić information content (AvgIpc) is 1.97. The van der Waals surface area contributed by atoms with Crippen molar-refractivity contribution in [1.29, 1.82) is 0 Å². The molecule has 0 saturated carbocycles. The van der Waals surface area contributed by atoms with E-state index in [0.717, 1.165) is 0 Å². The Hall–Kier alpha value is -1.30. The van der Waals surface area contributed by atoms with Crippen molar-refractivity contribution < 1.29 is 9.90 Å². The van der Waals surface area contributed by atoms with E-state index in [1.807, 2.05) is 0 Å². The van der Waals surface area contributed by atoms with E-state index in [1.54, 1.807) is 0 Å². The van der Waals surface area contributed by atoms with Crippen LogP contribution in [0, 0.1) is 0 Å². The molecular formula is C6H14N4O2. The molecule has 0 aromatic carbocycles. The summed E-state index contributed by atoms with van der Waals surface area (Å²) in [5, 5.41) is 8.38. The Bertz CT molecular complexity index is 176. The summed E-state index contributed by atoms with van der Waals surface area (Å²) < 4.78 is 0. The second-order valence-electron chi connectivity index (χ2n) is 2.39. The van der Waals surface area contributed by atoms with Crippen molar-refractivity contribution in [3.63, 3.8) is 0 Å². The van der Waals surface area contributed by atoms with Gasteiger partial charge in [-0.2, -0.15) is 0 Å². The van der Waals surface area contributed by atoms with Crippen molar-refractivity contribution in [3.8, 4) is 0 Å². The van der Waals surface area contributed by atoms with Crippen LogP contribution in [-0.4, -0.2) is 29.6 Å². The molecule has 0 bridgehead atoms. The van der Waals surface area contributed by atoms with E-state index < -0.39 is 12.0 Å². The second-order valence-corrected chi connectivity index (χ2v) is 2.39. The van der Waals surface area contributed by atoms with Crippen molar-refractivity contribution in [1.82, 2.24) is 0 Å². The SMILES string of the molecule is NC(N)=N[13CH2]CC[13CH](N)C(=O)O. The van der Waals surface area contributed by atoms with E-state index in [4.69, 9.17) is 22.3 Å². The number of aliphatic imine (C=N–C) groups is 1. The van der Waals surface area contributed by atoms with Gasteiger partial charge in [0.25, 0.3) is 0 Å². The van der Waals surface area contributed by atoms with Crippen LogP contribution in [0.5, 0.6) is 0 Å². The average molecular weight is 176 g/mol. The van der Waals surface area contributed by atoms with Crippen LogP contribution in [-0.2, 0) is 4.79 Å². The van der Waals surface area contributed by atoms with E-state index in [-0.39, 0.29) is 5.96 Å². The highest BCUT2D eigenvalue weighted by atomic mass is 16.4. The molecular weight excluding hydrogens is 162 g/mol. The molecule has 0 aromatic heterocycles. The summed E-state index contributed by atoms with van der Waals surface area (Å²) in [7, 11) is 0. The zero-order valence-electron chi connectivity index (χ0n) is 6.73. The van der Waals surface area contributed by atoms with Crippen LogP contribution >= 0.6 is 0 Å². The van der Waals surface area contributed by atoms with E-state index in [9.17, 15) is 4.79 Å². The highest BCUT2D eigenvalue weighted by molar-refractivity contribution is 5.75. The molecule has 0 aliphatic heterocycles. The lowest BCUT2D eigenvalue weighted by Gasteiger charge is -2.03. The number of guanidine groups is 1. The van der Waals surface area contributed by atoms with Crippen molar-refractivity contribution in [3.05, 3.63) is 0 Å². The zero-order chi connectivity index (χ0) is 9.56. The maximum absolute atomic E-state index is 10.2. The lowest BCUT2D eigenvalue weighted by atomic mass is 10.4. The van der Waals surface area contributed by atoms with Gasteiger partial charge in [-0.25, -0.2) is 0 Å². The summed E-state index contributed by atoms with van der Waals surface area (Å²) >= 11 is 0. The van der Waals surface area contributed by atoms with Crippen molar-refractivity contribution >= 4 is 11.9 Å². The summed E-state index contributed by atoms with van der Waals surface area (Å²) in [5.41, 5.74) is 15.3. The fourth-order valence-corrected chi connectivity index (χ4v) is 0.643. The molecule has 0 amide bonds. The highest BCUT2D eigenvalue weighted by Crippen LogP contribution is 1.94. The summed E-state index contributed by atoms with van der Waals surface area (Å²) in [6, 6.07) is -0.820.